The summed E-state index contributed by atoms with van der Waals surface area (Å²) >= 11 is 5.98. The molecule has 0 aromatic heterocycles. The van der Waals surface area contributed by atoms with E-state index in [1.165, 1.54) is 38.5 Å². The number of benzene rings is 2. The van der Waals surface area contributed by atoms with Crippen LogP contribution in [0.3, 0.4) is 0 Å². The first-order chi connectivity index (χ1) is 11.7. The maximum absolute atomic E-state index is 12.7. The molecule has 0 aliphatic rings. The number of methoxy groups -OCH3 is 2. The van der Waals surface area contributed by atoms with E-state index >= 15 is 0 Å². The first kappa shape index (κ1) is 18.9. The normalized spacial score (nSPS) is 11.1. The minimum absolute atomic E-state index is 0.224. The van der Waals surface area contributed by atoms with Crippen LogP contribution in [0.15, 0.2) is 36.4 Å². The van der Waals surface area contributed by atoms with Crippen LogP contribution in [0.5, 0.6) is 11.5 Å². The van der Waals surface area contributed by atoms with Crippen LogP contribution in [-0.4, -0.2) is 20.1 Å². The Bertz CT molecular complexity index is 778. The summed E-state index contributed by atoms with van der Waals surface area (Å²) in [6, 6.07) is 7.56. The van der Waals surface area contributed by atoms with E-state index in [9.17, 15) is 18.0 Å². The summed E-state index contributed by atoms with van der Waals surface area (Å²) in [5.41, 5.74) is -0.253. The number of ether oxygens (including phenoxy) is 2. The number of alkyl halides is 3. The Morgan fingerprint density at radius 2 is 1.80 bits per heavy atom. The van der Waals surface area contributed by atoms with Crippen molar-refractivity contribution >= 4 is 23.2 Å². The van der Waals surface area contributed by atoms with Crippen LogP contribution >= 0.6 is 11.6 Å². The Morgan fingerprint density at radius 1 is 1.12 bits per heavy atom. The van der Waals surface area contributed by atoms with E-state index < -0.39 is 17.6 Å². The van der Waals surface area contributed by atoms with Crippen LogP contribution in [0.4, 0.5) is 18.9 Å². The molecule has 1 N–H and O–H groups in total. The smallest absolute Gasteiger partial charge is 0.416 e. The molecule has 0 bridgehead atoms. The maximum atomic E-state index is 12.7. The average Bonchev–Trinajstić information content (AvgIpc) is 2.55. The second kappa shape index (κ2) is 7.65. The van der Waals surface area contributed by atoms with Gasteiger partial charge in [0, 0.05) is 12.1 Å². The third kappa shape index (κ3) is 4.79. The standard InChI is InChI=1S/C17H15ClF3NO3/c1-24-14-9-13(15(25-2)8-12(14)18)22-16(23)7-10-4-3-5-11(6-10)17(19,20)21/h3-6,8-9H,7H2,1-2H3,(H,22,23). The Morgan fingerprint density at radius 3 is 2.40 bits per heavy atom. The molecule has 2 aromatic rings. The van der Waals surface area contributed by atoms with Crippen molar-refractivity contribution in [3.05, 3.63) is 52.5 Å². The Labute approximate surface area is 147 Å². The number of nitrogens with one attached hydrogen (secondary N) is 1. The molecule has 0 atom stereocenters. The van der Waals surface area contributed by atoms with Crippen LogP contribution < -0.4 is 14.8 Å². The quantitative estimate of drug-likeness (QED) is 0.836. The van der Waals surface area contributed by atoms with Crippen LogP contribution in [-0.2, 0) is 17.4 Å². The Balaban J connectivity index is 2.18. The molecule has 0 radical (unpaired) electrons. The molecule has 0 unspecified atom stereocenters. The highest BCUT2D eigenvalue weighted by atomic mass is 35.5. The van der Waals surface area contributed by atoms with Gasteiger partial charge in [-0.15, -0.1) is 0 Å². The summed E-state index contributed by atoms with van der Waals surface area (Å²) in [7, 11) is 2.82. The largest absolute Gasteiger partial charge is 0.495 e. The molecule has 0 spiro atoms. The predicted molar refractivity (Wildman–Crippen MR) is 88.3 cm³/mol. The average molecular weight is 374 g/mol. The van der Waals surface area contributed by atoms with Crippen LogP contribution in [0.1, 0.15) is 11.1 Å². The van der Waals surface area contributed by atoms with Gasteiger partial charge in [0.2, 0.25) is 5.91 Å². The summed E-state index contributed by atoms with van der Waals surface area (Å²) in [5.74, 6) is 0.141. The van der Waals surface area contributed by atoms with Gasteiger partial charge < -0.3 is 14.8 Å². The number of hydrogen-bond acceptors (Lipinski definition) is 3. The van der Waals surface area contributed by atoms with Crippen molar-refractivity contribution in [1.29, 1.82) is 0 Å². The lowest BCUT2D eigenvalue weighted by molar-refractivity contribution is -0.137. The van der Waals surface area contributed by atoms with Crippen LogP contribution in [0.25, 0.3) is 0 Å². The first-order valence-corrected chi connectivity index (χ1v) is 7.50. The van der Waals surface area contributed by atoms with Gasteiger partial charge in [-0.3, -0.25) is 4.79 Å². The third-order valence-electron chi connectivity index (χ3n) is 3.37. The van der Waals surface area contributed by atoms with Gasteiger partial charge >= 0.3 is 6.18 Å². The van der Waals surface area contributed by atoms with Gasteiger partial charge in [0.1, 0.15) is 11.5 Å². The molecule has 134 valence electrons. The Kier molecular flexibility index (Phi) is 5.79. The van der Waals surface area contributed by atoms with Crippen molar-refractivity contribution in [2.75, 3.05) is 19.5 Å². The molecule has 0 saturated carbocycles. The van der Waals surface area contributed by atoms with Crippen molar-refractivity contribution < 1.29 is 27.4 Å². The van der Waals surface area contributed by atoms with Crippen molar-refractivity contribution in [2.24, 2.45) is 0 Å². The van der Waals surface area contributed by atoms with Gasteiger partial charge in [0.25, 0.3) is 0 Å². The van der Waals surface area contributed by atoms with E-state index in [1.807, 2.05) is 0 Å². The fourth-order valence-corrected chi connectivity index (χ4v) is 2.43. The molecule has 0 aliphatic carbocycles. The van der Waals surface area contributed by atoms with Gasteiger partial charge in [0.15, 0.2) is 0 Å². The predicted octanol–water partition coefficient (Wildman–Crippen LogP) is 4.56. The summed E-state index contributed by atoms with van der Waals surface area (Å²) in [5, 5.41) is 2.89. The topological polar surface area (TPSA) is 47.6 Å². The molecule has 1 amide bonds. The van der Waals surface area contributed by atoms with Gasteiger partial charge in [-0.2, -0.15) is 13.2 Å². The minimum Gasteiger partial charge on any atom is -0.495 e. The molecular formula is C17H15ClF3NO3. The highest BCUT2D eigenvalue weighted by Gasteiger charge is 2.30. The second-order valence-corrected chi connectivity index (χ2v) is 5.52. The first-order valence-electron chi connectivity index (χ1n) is 7.12. The van der Waals surface area contributed by atoms with E-state index in [4.69, 9.17) is 21.1 Å². The highest BCUT2D eigenvalue weighted by molar-refractivity contribution is 6.32. The zero-order valence-corrected chi connectivity index (χ0v) is 14.2. The molecule has 8 heteroatoms. The van der Waals surface area contributed by atoms with Gasteiger partial charge in [-0.25, -0.2) is 0 Å². The molecule has 4 nitrogen and oxygen atoms in total. The van der Waals surface area contributed by atoms with Crippen molar-refractivity contribution in [1.82, 2.24) is 0 Å². The number of anilines is 1. The maximum Gasteiger partial charge on any atom is 0.416 e. The lowest BCUT2D eigenvalue weighted by Crippen LogP contribution is -2.16. The fraction of sp³-hybridized carbons (Fsp3) is 0.235. The lowest BCUT2D eigenvalue weighted by Gasteiger charge is -2.13. The lowest BCUT2D eigenvalue weighted by atomic mass is 10.1. The number of carbonyl (C=O) groups is 1. The minimum atomic E-state index is -4.46. The molecule has 0 heterocycles. The molecule has 0 fully saturated rings. The SMILES string of the molecule is COc1cc(NC(=O)Cc2cccc(C(F)(F)F)c2)c(OC)cc1Cl. The number of hydrogen-bond donors (Lipinski definition) is 1. The van der Waals surface area contributed by atoms with Crippen LogP contribution in [0, 0.1) is 0 Å². The van der Waals surface area contributed by atoms with E-state index in [1.54, 1.807) is 0 Å². The zero-order chi connectivity index (χ0) is 18.6. The number of halogens is 4. The van der Waals surface area contributed by atoms with E-state index in [0.717, 1.165) is 12.1 Å². The zero-order valence-electron chi connectivity index (χ0n) is 13.4. The third-order valence-corrected chi connectivity index (χ3v) is 3.66. The molecule has 2 aromatic carbocycles. The van der Waals surface area contributed by atoms with Crippen molar-refractivity contribution in [3.63, 3.8) is 0 Å². The number of rotatable bonds is 5. The van der Waals surface area contributed by atoms with E-state index in [-0.39, 0.29) is 12.0 Å². The van der Waals surface area contributed by atoms with Gasteiger partial charge in [-0.05, 0) is 11.6 Å². The molecule has 0 aliphatic heterocycles. The van der Waals surface area contributed by atoms with Crippen LogP contribution in [0.2, 0.25) is 5.02 Å². The fourth-order valence-electron chi connectivity index (χ4n) is 2.20. The highest BCUT2D eigenvalue weighted by Crippen LogP contribution is 2.36. The monoisotopic (exact) mass is 373 g/mol. The van der Waals surface area contributed by atoms with E-state index in [0.29, 0.717) is 22.2 Å². The van der Waals surface area contributed by atoms with Crippen molar-refractivity contribution in [2.45, 2.75) is 12.6 Å². The molecule has 25 heavy (non-hydrogen) atoms. The summed E-state index contributed by atoms with van der Waals surface area (Å²) in [6.07, 6.45) is -4.68. The van der Waals surface area contributed by atoms with Gasteiger partial charge in [-0.1, -0.05) is 29.8 Å². The molecule has 2 rings (SSSR count). The van der Waals surface area contributed by atoms with Crippen molar-refractivity contribution in [3.8, 4) is 11.5 Å². The summed E-state index contributed by atoms with van der Waals surface area (Å²) < 4.78 is 48.4. The number of carbonyl (C=O) groups excluding carboxylic acids is 1. The van der Waals surface area contributed by atoms with Gasteiger partial charge in [0.05, 0.1) is 36.9 Å². The van der Waals surface area contributed by atoms with E-state index in [2.05, 4.69) is 5.32 Å². The Hall–Kier alpha value is -2.41. The summed E-state index contributed by atoms with van der Waals surface area (Å²) in [6.45, 7) is 0. The second-order valence-electron chi connectivity index (χ2n) is 5.11. The summed E-state index contributed by atoms with van der Waals surface area (Å²) in [4.78, 5) is 12.2. The molecule has 0 saturated heterocycles. The number of amides is 1. The molecular weight excluding hydrogens is 359 g/mol.